The minimum Gasteiger partial charge on any atom is -0.322 e. The predicted octanol–water partition coefficient (Wildman–Crippen LogP) is 4.31. The molecule has 2 heterocycles. The minimum absolute atomic E-state index is 0.190. The van der Waals surface area contributed by atoms with Gasteiger partial charge in [-0.2, -0.15) is 5.10 Å². The van der Waals surface area contributed by atoms with Crippen LogP contribution in [-0.2, 0) is 4.79 Å². The molecule has 0 unspecified atom stereocenters. The number of aromatic nitrogens is 2. The average Bonchev–Trinajstić information content (AvgIpc) is 3.32. The zero-order chi connectivity index (χ0) is 19.8. The van der Waals surface area contributed by atoms with Gasteiger partial charge in [-0.25, -0.2) is 0 Å². The molecule has 0 aliphatic carbocycles. The molecule has 0 saturated carbocycles. The topological polar surface area (TPSA) is 86.9 Å². The van der Waals surface area contributed by atoms with Gasteiger partial charge in [0.15, 0.2) is 0 Å². The lowest BCUT2D eigenvalue weighted by atomic mass is 10.0. The van der Waals surface area contributed by atoms with Crippen LogP contribution in [0.3, 0.4) is 0 Å². The molecule has 0 bridgehead atoms. The van der Waals surface area contributed by atoms with Crippen LogP contribution in [0, 0.1) is 0 Å². The Morgan fingerprint density at radius 1 is 1.00 bits per heavy atom. The number of hydrogen-bond acceptors (Lipinski definition) is 3. The first kappa shape index (κ1) is 16.9. The molecule has 4 aromatic rings. The summed E-state index contributed by atoms with van der Waals surface area (Å²) in [6.07, 6.45) is 3.57. The summed E-state index contributed by atoms with van der Waals surface area (Å²) in [6, 6.07) is 20.3. The molecule has 1 aliphatic rings. The number of H-pyrrole nitrogens is 1. The van der Waals surface area contributed by atoms with Gasteiger partial charge in [0, 0.05) is 33.5 Å². The largest absolute Gasteiger partial charge is 0.322 e. The zero-order valence-corrected chi connectivity index (χ0v) is 15.3. The fourth-order valence-corrected chi connectivity index (χ4v) is 3.41. The lowest BCUT2D eigenvalue weighted by molar-refractivity contribution is -0.110. The third kappa shape index (κ3) is 3.17. The van der Waals surface area contributed by atoms with Gasteiger partial charge in [-0.05, 0) is 48.0 Å². The second kappa shape index (κ2) is 6.76. The van der Waals surface area contributed by atoms with Crippen molar-refractivity contribution in [2.75, 3.05) is 10.6 Å². The molecular formula is C23H16N4O2. The van der Waals surface area contributed by atoms with E-state index in [4.69, 9.17) is 0 Å². The monoisotopic (exact) mass is 380 g/mol. The van der Waals surface area contributed by atoms with Gasteiger partial charge < -0.3 is 10.6 Å². The first-order valence-electron chi connectivity index (χ1n) is 9.14. The number of nitrogens with one attached hydrogen (secondary N) is 3. The maximum Gasteiger partial charge on any atom is 0.256 e. The number of benzene rings is 3. The number of para-hydroxylation sites is 1. The molecule has 140 valence electrons. The van der Waals surface area contributed by atoms with Gasteiger partial charge in [-0.3, -0.25) is 14.7 Å². The first-order chi connectivity index (χ1) is 14.2. The average molecular weight is 380 g/mol. The number of rotatable bonds is 3. The summed E-state index contributed by atoms with van der Waals surface area (Å²) in [5.41, 5.74) is 4.90. The Bertz CT molecular complexity index is 1290. The second-order valence-corrected chi connectivity index (χ2v) is 6.81. The molecule has 6 heteroatoms. The van der Waals surface area contributed by atoms with Crippen molar-refractivity contribution in [2.24, 2.45) is 0 Å². The Morgan fingerprint density at radius 2 is 1.86 bits per heavy atom. The number of carbonyl (C=O) groups excluding carboxylic acids is 2. The molecular weight excluding hydrogens is 364 g/mol. The van der Waals surface area contributed by atoms with Crippen LogP contribution in [0.5, 0.6) is 0 Å². The molecule has 0 saturated heterocycles. The molecule has 0 atom stereocenters. The van der Waals surface area contributed by atoms with Crippen LogP contribution >= 0.6 is 0 Å². The molecule has 5 rings (SSSR count). The normalized spacial score (nSPS) is 14.1. The van der Waals surface area contributed by atoms with E-state index in [-0.39, 0.29) is 11.8 Å². The lowest BCUT2D eigenvalue weighted by Crippen LogP contribution is -2.11. The van der Waals surface area contributed by atoms with E-state index >= 15 is 0 Å². The first-order valence-corrected chi connectivity index (χ1v) is 9.14. The Balaban J connectivity index is 1.50. The van der Waals surface area contributed by atoms with E-state index in [1.807, 2.05) is 54.6 Å². The summed E-state index contributed by atoms with van der Waals surface area (Å²) in [6.45, 7) is 0. The smallest absolute Gasteiger partial charge is 0.256 e. The molecule has 6 nitrogen and oxygen atoms in total. The maximum absolute atomic E-state index is 12.6. The van der Waals surface area contributed by atoms with Crippen molar-refractivity contribution in [2.45, 2.75) is 0 Å². The predicted molar refractivity (Wildman–Crippen MR) is 113 cm³/mol. The quantitative estimate of drug-likeness (QED) is 0.463. The number of hydrogen-bond donors (Lipinski definition) is 3. The zero-order valence-electron chi connectivity index (χ0n) is 15.3. The van der Waals surface area contributed by atoms with E-state index in [0.29, 0.717) is 22.4 Å². The Morgan fingerprint density at radius 3 is 2.72 bits per heavy atom. The third-order valence-electron chi connectivity index (χ3n) is 4.87. The van der Waals surface area contributed by atoms with Crippen molar-refractivity contribution in [3.05, 3.63) is 89.6 Å². The summed E-state index contributed by atoms with van der Waals surface area (Å²) >= 11 is 0. The van der Waals surface area contributed by atoms with Crippen molar-refractivity contribution in [1.29, 1.82) is 0 Å². The molecule has 2 amide bonds. The standard InChI is InChI=1S/C23H16N4O2/c28-22(25-17-4-2-1-3-5-17)15-8-9-20-18(12-15)19(23(29)26-20)10-14-6-7-16-13-24-27-21(16)11-14/h1-13H,(H,24,27)(H,25,28)(H,26,29)/b19-10+. The highest BCUT2D eigenvalue weighted by atomic mass is 16.2. The van der Waals surface area contributed by atoms with Gasteiger partial charge in [0.05, 0.1) is 11.7 Å². The van der Waals surface area contributed by atoms with Crippen molar-refractivity contribution in [3.63, 3.8) is 0 Å². The molecule has 0 spiro atoms. The number of fused-ring (bicyclic) bond motifs is 2. The van der Waals surface area contributed by atoms with Crippen LogP contribution in [0.2, 0.25) is 0 Å². The van der Waals surface area contributed by atoms with Gasteiger partial charge in [0.1, 0.15) is 0 Å². The number of carbonyl (C=O) groups is 2. The molecule has 0 fully saturated rings. The Labute approximate surface area is 166 Å². The number of amides is 2. The molecule has 29 heavy (non-hydrogen) atoms. The fraction of sp³-hybridized carbons (Fsp3) is 0. The van der Waals surface area contributed by atoms with E-state index in [9.17, 15) is 9.59 Å². The fourth-order valence-electron chi connectivity index (χ4n) is 3.41. The van der Waals surface area contributed by atoms with Crippen LogP contribution in [0.25, 0.3) is 22.6 Å². The van der Waals surface area contributed by atoms with Gasteiger partial charge in [0.2, 0.25) is 0 Å². The van der Waals surface area contributed by atoms with Crippen LogP contribution in [0.15, 0.2) is 72.9 Å². The van der Waals surface area contributed by atoms with Crippen LogP contribution in [-0.4, -0.2) is 22.0 Å². The molecule has 1 aromatic heterocycles. The summed E-state index contributed by atoms with van der Waals surface area (Å²) in [4.78, 5) is 25.2. The van der Waals surface area contributed by atoms with E-state index < -0.39 is 0 Å². The summed E-state index contributed by atoms with van der Waals surface area (Å²) < 4.78 is 0. The minimum atomic E-state index is -0.225. The van der Waals surface area contributed by atoms with Crippen molar-refractivity contribution < 1.29 is 9.59 Å². The van der Waals surface area contributed by atoms with Gasteiger partial charge in [-0.1, -0.05) is 30.3 Å². The van der Waals surface area contributed by atoms with Gasteiger partial charge in [-0.15, -0.1) is 0 Å². The van der Waals surface area contributed by atoms with Crippen LogP contribution < -0.4 is 10.6 Å². The van der Waals surface area contributed by atoms with E-state index in [0.717, 1.165) is 22.2 Å². The molecule has 3 N–H and O–H groups in total. The highest BCUT2D eigenvalue weighted by Gasteiger charge is 2.25. The maximum atomic E-state index is 12.6. The highest BCUT2D eigenvalue weighted by Crippen LogP contribution is 2.34. The SMILES string of the molecule is O=C1Nc2ccc(C(=O)Nc3ccccc3)cc2/C1=C\c1ccc2cn[nH]c2c1. The van der Waals surface area contributed by atoms with Crippen LogP contribution in [0.4, 0.5) is 11.4 Å². The lowest BCUT2D eigenvalue weighted by Gasteiger charge is -2.07. The summed E-state index contributed by atoms with van der Waals surface area (Å²) in [5.74, 6) is -0.415. The Hall–Kier alpha value is -4.19. The number of aromatic amines is 1. The Kier molecular flexibility index (Phi) is 3.95. The molecule has 3 aromatic carbocycles. The number of anilines is 2. The summed E-state index contributed by atoms with van der Waals surface area (Å²) in [7, 11) is 0. The van der Waals surface area contributed by atoms with Crippen molar-refractivity contribution >= 4 is 45.7 Å². The number of nitrogens with zero attached hydrogens (tertiary/aromatic N) is 1. The summed E-state index contributed by atoms with van der Waals surface area (Å²) in [5, 5.41) is 13.7. The highest BCUT2D eigenvalue weighted by molar-refractivity contribution is 6.35. The third-order valence-corrected chi connectivity index (χ3v) is 4.87. The van der Waals surface area contributed by atoms with E-state index in [1.165, 1.54) is 0 Å². The molecule has 0 radical (unpaired) electrons. The van der Waals surface area contributed by atoms with Crippen LogP contribution in [0.1, 0.15) is 21.5 Å². The van der Waals surface area contributed by atoms with Crippen molar-refractivity contribution in [1.82, 2.24) is 10.2 Å². The van der Waals surface area contributed by atoms with Gasteiger partial charge >= 0.3 is 0 Å². The van der Waals surface area contributed by atoms with Gasteiger partial charge in [0.25, 0.3) is 11.8 Å². The van der Waals surface area contributed by atoms with E-state index in [1.54, 1.807) is 24.4 Å². The second-order valence-electron chi connectivity index (χ2n) is 6.81. The van der Waals surface area contributed by atoms with Crippen molar-refractivity contribution in [3.8, 4) is 0 Å². The molecule has 1 aliphatic heterocycles. The van der Waals surface area contributed by atoms with E-state index in [2.05, 4.69) is 20.8 Å².